The fraction of sp³-hybridized carbons (Fsp3) is 0.0667. The van der Waals surface area contributed by atoms with Crippen LogP contribution >= 0.6 is 27.5 Å². The second-order valence-corrected chi connectivity index (χ2v) is 5.61. The van der Waals surface area contributed by atoms with Crippen molar-refractivity contribution in [2.24, 2.45) is 0 Å². The molecule has 114 valence electrons. The first kappa shape index (κ1) is 16.3. The van der Waals surface area contributed by atoms with Crippen molar-refractivity contribution in [3.05, 3.63) is 57.5 Å². The van der Waals surface area contributed by atoms with Gasteiger partial charge in [-0.15, -0.1) is 0 Å². The minimum absolute atomic E-state index is 0.0357. The van der Waals surface area contributed by atoms with Crippen LogP contribution in [-0.4, -0.2) is 23.6 Å². The molecule has 7 heteroatoms. The summed E-state index contributed by atoms with van der Waals surface area (Å²) < 4.78 is 6.22. The molecule has 0 saturated carbocycles. The Morgan fingerprint density at radius 3 is 2.50 bits per heavy atom. The highest BCUT2D eigenvalue weighted by Crippen LogP contribution is 2.23. The molecule has 5 nitrogen and oxygen atoms in total. The lowest BCUT2D eigenvalue weighted by atomic mass is 10.2. The summed E-state index contributed by atoms with van der Waals surface area (Å²) in [5.74, 6) is -0.991. The highest BCUT2D eigenvalue weighted by Gasteiger charge is 2.10. The van der Waals surface area contributed by atoms with Crippen molar-refractivity contribution in [2.45, 2.75) is 0 Å². The first-order valence-electron chi connectivity index (χ1n) is 6.17. The van der Waals surface area contributed by atoms with E-state index in [1.165, 1.54) is 18.2 Å². The third-order valence-electron chi connectivity index (χ3n) is 2.67. The molecule has 1 amide bonds. The van der Waals surface area contributed by atoms with Crippen molar-refractivity contribution in [3.63, 3.8) is 0 Å². The Hall–Kier alpha value is -2.05. The number of carbonyl (C=O) groups excluding carboxylic acids is 1. The normalized spacial score (nSPS) is 10.1. The Labute approximate surface area is 140 Å². The molecule has 22 heavy (non-hydrogen) atoms. The van der Waals surface area contributed by atoms with Gasteiger partial charge in [-0.05, 0) is 42.5 Å². The molecule has 0 unspecified atom stereocenters. The van der Waals surface area contributed by atoms with E-state index in [0.717, 1.165) is 4.47 Å². The van der Waals surface area contributed by atoms with Gasteiger partial charge in [0.05, 0.1) is 16.3 Å². The average Bonchev–Trinajstić information content (AvgIpc) is 2.48. The van der Waals surface area contributed by atoms with E-state index in [4.69, 9.17) is 21.4 Å². The maximum atomic E-state index is 11.8. The van der Waals surface area contributed by atoms with Gasteiger partial charge in [0.1, 0.15) is 5.75 Å². The molecule has 0 aliphatic carbocycles. The van der Waals surface area contributed by atoms with Gasteiger partial charge in [0.25, 0.3) is 5.91 Å². The van der Waals surface area contributed by atoms with E-state index in [2.05, 4.69) is 21.2 Å². The van der Waals surface area contributed by atoms with E-state index in [0.29, 0.717) is 5.75 Å². The molecule has 0 aliphatic rings. The molecule has 0 aliphatic heterocycles. The molecule has 2 aromatic rings. The molecule has 0 bridgehead atoms. The Morgan fingerprint density at radius 2 is 1.86 bits per heavy atom. The van der Waals surface area contributed by atoms with Crippen LogP contribution in [0.25, 0.3) is 0 Å². The van der Waals surface area contributed by atoms with Crippen molar-refractivity contribution >= 4 is 45.1 Å². The smallest absolute Gasteiger partial charge is 0.335 e. The third-order valence-corrected chi connectivity index (χ3v) is 3.53. The number of amides is 1. The maximum Gasteiger partial charge on any atom is 0.335 e. The summed E-state index contributed by atoms with van der Waals surface area (Å²) in [4.78, 5) is 22.7. The standard InChI is InChI=1S/C15H11BrClNO4/c16-10-2-4-11(5-3-10)22-8-14(19)18-13-7-9(15(20)21)1-6-12(13)17/h1-7H,8H2,(H,18,19)(H,20,21). The highest BCUT2D eigenvalue weighted by atomic mass is 79.9. The van der Waals surface area contributed by atoms with Gasteiger partial charge in [0.2, 0.25) is 0 Å². The van der Waals surface area contributed by atoms with Crippen LogP contribution in [0.5, 0.6) is 5.75 Å². The van der Waals surface area contributed by atoms with E-state index in [-0.39, 0.29) is 22.9 Å². The quantitative estimate of drug-likeness (QED) is 0.822. The summed E-state index contributed by atoms with van der Waals surface area (Å²) in [6, 6.07) is 11.1. The number of carboxylic acids is 1. The van der Waals surface area contributed by atoms with Gasteiger partial charge in [-0.1, -0.05) is 27.5 Å². The number of hydrogen-bond acceptors (Lipinski definition) is 3. The first-order chi connectivity index (χ1) is 10.5. The largest absolute Gasteiger partial charge is 0.484 e. The molecule has 2 N–H and O–H groups in total. The fourth-order valence-electron chi connectivity index (χ4n) is 1.62. The van der Waals surface area contributed by atoms with Crippen LogP contribution < -0.4 is 10.1 Å². The number of aromatic carboxylic acids is 1. The Kier molecular flexibility index (Phi) is 5.41. The van der Waals surface area contributed by atoms with Crippen molar-refractivity contribution in [1.29, 1.82) is 0 Å². The van der Waals surface area contributed by atoms with Crippen LogP contribution in [0.15, 0.2) is 46.9 Å². The number of carboxylic acid groups (broad SMARTS) is 1. The van der Waals surface area contributed by atoms with Crippen molar-refractivity contribution in [1.82, 2.24) is 0 Å². The molecule has 2 aromatic carbocycles. The Bertz CT molecular complexity index is 703. The summed E-state index contributed by atoms with van der Waals surface area (Å²) in [5.41, 5.74) is 0.263. The molecule has 0 radical (unpaired) electrons. The number of nitrogens with one attached hydrogen (secondary N) is 1. The molecular formula is C15H11BrClNO4. The zero-order valence-electron chi connectivity index (χ0n) is 11.2. The molecule has 0 atom stereocenters. The Balaban J connectivity index is 1.98. The molecule has 0 saturated heterocycles. The summed E-state index contributed by atoms with van der Waals surface area (Å²) in [6.45, 7) is -0.213. The van der Waals surface area contributed by atoms with Crippen LogP contribution in [0.4, 0.5) is 5.69 Å². The van der Waals surface area contributed by atoms with Crippen molar-refractivity contribution < 1.29 is 19.4 Å². The SMILES string of the molecule is O=C(COc1ccc(Br)cc1)Nc1cc(C(=O)O)ccc1Cl. The van der Waals surface area contributed by atoms with E-state index < -0.39 is 11.9 Å². The topological polar surface area (TPSA) is 75.6 Å². The van der Waals surface area contributed by atoms with Gasteiger partial charge in [0, 0.05) is 4.47 Å². The zero-order valence-corrected chi connectivity index (χ0v) is 13.5. The number of anilines is 1. The van der Waals surface area contributed by atoms with E-state index >= 15 is 0 Å². The predicted molar refractivity (Wildman–Crippen MR) is 86.7 cm³/mol. The number of carbonyl (C=O) groups is 2. The number of rotatable bonds is 5. The average molecular weight is 385 g/mol. The molecule has 2 rings (SSSR count). The number of ether oxygens (including phenoxy) is 1. The van der Waals surface area contributed by atoms with Gasteiger partial charge in [-0.25, -0.2) is 4.79 Å². The lowest BCUT2D eigenvalue weighted by Crippen LogP contribution is -2.20. The van der Waals surface area contributed by atoms with E-state index in [9.17, 15) is 9.59 Å². The Morgan fingerprint density at radius 1 is 1.18 bits per heavy atom. The van der Waals surface area contributed by atoms with E-state index in [1.54, 1.807) is 24.3 Å². The molecular weight excluding hydrogens is 374 g/mol. The summed E-state index contributed by atoms with van der Waals surface area (Å²) in [5, 5.41) is 11.7. The third kappa shape index (κ3) is 4.47. The minimum atomic E-state index is -1.10. The molecule has 0 heterocycles. The highest BCUT2D eigenvalue weighted by molar-refractivity contribution is 9.10. The van der Waals surface area contributed by atoms with Gasteiger partial charge in [-0.2, -0.15) is 0 Å². The first-order valence-corrected chi connectivity index (χ1v) is 7.34. The fourth-order valence-corrected chi connectivity index (χ4v) is 2.05. The number of benzene rings is 2. The van der Waals surface area contributed by atoms with Crippen LogP contribution in [-0.2, 0) is 4.79 Å². The maximum absolute atomic E-state index is 11.8. The monoisotopic (exact) mass is 383 g/mol. The molecule has 0 aromatic heterocycles. The summed E-state index contributed by atoms with van der Waals surface area (Å²) >= 11 is 9.22. The second-order valence-electron chi connectivity index (χ2n) is 4.29. The minimum Gasteiger partial charge on any atom is -0.484 e. The number of halogens is 2. The van der Waals surface area contributed by atoms with E-state index in [1.807, 2.05) is 0 Å². The summed E-state index contributed by atoms with van der Waals surface area (Å²) in [7, 11) is 0. The zero-order chi connectivity index (χ0) is 16.1. The second kappa shape index (κ2) is 7.29. The lowest BCUT2D eigenvalue weighted by molar-refractivity contribution is -0.118. The van der Waals surface area contributed by atoms with Crippen LogP contribution in [0.2, 0.25) is 5.02 Å². The number of hydrogen-bond donors (Lipinski definition) is 2. The molecule has 0 fully saturated rings. The summed E-state index contributed by atoms with van der Waals surface area (Å²) in [6.07, 6.45) is 0. The van der Waals surface area contributed by atoms with Crippen LogP contribution in [0, 0.1) is 0 Å². The van der Waals surface area contributed by atoms with Gasteiger partial charge < -0.3 is 15.2 Å². The van der Waals surface area contributed by atoms with Gasteiger partial charge in [-0.3, -0.25) is 4.79 Å². The van der Waals surface area contributed by atoms with Gasteiger partial charge >= 0.3 is 5.97 Å². The lowest BCUT2D eigenvalue weighted by Gasteiger charge is -2.09. The van der Waals surface area contributed by atoms with Gasteiger partial charge in [0.15, 0.2) is 6.61 Å². The molecule has 0 spiro atoms. The van der Waals surface area contributed by atoms with Crippen LogP contribution in [0.3, 0.4) is 0 Å². The van der Waals surface area contributed by atoms with Crippen LogP contribution in [0.1, 0.15) is 10.4 Å². The van der Waals surface area contributed by atoms with Crippen molar-refractivity contribution in [2.75, 3.05) is 11.9 Å². The van der Waals surface area contributed by atoms with Crippen molar-refractivity contribution in [3.8, 4) is 5.75 Å². The predicted octanol–water partition coefficient (Wildman–Crippen LogP) is 3.82.